The third-order valence-electron chi connectivity index (χ3n) is 4.06. The van der Waals surface area contributed by atoms with Gasteiger partial charge in [0, 0.05) is 19.2 Å². The molecule has 114 valence electrons. The molecule has 0 bridgehead atoms. The molecule has 0 amide bonds. The topological polar surface area (TPSA) is 24.5 Å². The molecule has 1 rings (SSSR count). The van der Waals surface area contributed by atoms with Crippen LogP contribution in [0.15, 0.2) is 0 Å². The number of nitrogens with zero attached hydrogens (tertiary/aromatic N) is 1. The Kier molecular flexibility index (Phi) is 9.48. The Hall–Kier alpha value is -0.120. The van der Waals surface area contributed by atoms with Gasteiger partial charge in [0.1, 0.15) is 0 Å². The SMILES string of the molecule is CCCNC(CC)CCCN(C)CC1CCCCO1. The van der Waals surface area contributed by atoms with Gasteiger partial charge in [0.25, 0.3) is 0 Å². The molecule has 0 aromatic heterocycles. The van der Waals surface area contributed by atoms with E-state index in [4.69, 9.17) is 4.74 Å². The summed E-state index contributed by atoms with van der Waals surface area (Å²) in [6.07, 6.45) is 9.40. The Labute approximate surface area is 120 Å². The van der Waals surface area contributed by atoms with Crippen LogP contribution < -0.4 is 5.32 Å². The average Bonchev–Trinajstić information content (AvgIpc) is 2.43. The third kappa shape index (κ3) is 7.91. The third-order valence-corrected chi connectivity index (χ3v) is 4.06. The number of rotatable bonds is 10. The summed E-state index contributed by atoms with van der Waals surface area (Å²) in [6, 6.07) is 0.708. The summed E-state index contributed by atoms with van der Waals surface area (Å²) >= 11 is 0. The minimum Gasteiger partial charge on any atom is -0.377 e. The maximum absolute atomic E-state index is 5.80. The van der Waals surface area contributed by atoms with Gasteiger partial charge in [0.05, 0.1) is 6.10 Å². The average molecular weight is 270 g/mol. The van der Waals surface area contributed by atoms with Crippen LogP contribution in [0.5, 0.6) is 0 Å². The van der Waals surface area contributed by atoms with E-state index in [1.54, 1.807) is 0 Å². The van der Waals surface area contributed by atoms with Gasteiger partial charge >= 0.3 is 0 Å². The van der Waals surface area contributed by atoms with Crippen LogP contribution in [0.25, 0.3) is 0 Å². The minimum absolute atomic E-state index is 0.485. The van der Waals surface area contributed by atoms with Gasteiger partial charge in [-0.15, -0.1) is 0 Å². The molecule has 0 radical (unpaired) electrons. The van der Waals surface area contributed by atoms with Crippen LogP contribution in [0.4, 0.5) is 0 Å². The first kappa shape index (κ1) is 16.9. The summed E-state index contributed by atoms with van der Waals surface area (Å²) in [4.78, 5) is 2.45. The smallest absolute Gasteiger partial charge is 0.0701 e. The zero-order chi connectivity index (χ0) is 13.9. The molecular weight excluding hydrogens is 236 g/mol. The maximum atomic E-state index is 5.80. The highest BCUT2D eigenvalue weighted by Gasteiger charge is 2.15. The largest absolute Gasteiger partial charge is 0.377 e. The Morgan fingerprint density at radius 1 is 1.32 bits per heavy atom. The lowest BCUT2D eigenvalue weighted by atomic mass is 10.1. The molecule has 1 N–H and O–H groups in total. The van der Waals surface area contributed by atoms with Crippen molar-refractivity contribution in [1.29, 1.82) is 0 Å². The molecule has 3 nitrogen and oxygen atoms in total. The fourth-order valence-corrected chi connectivity index (χ4v) is 2.80. The lowest BCUT2D eigenvalue weighted by molar-refractivity contribution is -0.00167. The number of likely N-dealkylation sites (N-methyl/N-ethyl adjacent to an activating group) is 1. The van der Waals surface area contributed by atoms with E-state index in [-0.39, 0.29) is 0 Å². The van der Waals surface area contributed by atoms with Crippen molar-refractivity contribution in [3.05, 3.63) is 0 Å². The van der Waals surface area contributed by atoms with Gasteiger partial charge in [-0.3, -0.25) is 0 Å². The molecule has 1 fully saturated rings. The summed E-state index contributed by atoms with van der Waals surface area (Å²) in [7, 11) is 2.23. The molecule has 1 heterocycles. The van der Waals surface area contributed by atoms with Crippen LogP contribution in [0.2, 0.25) is 0 Å². The van der Waals surface area contributed by atoms with Crippen molar-refractivity contribution in [1.82, 2.24) is 10.2 Å². The molecule has 2 unspecified atom stereocenters. The van der Waals surface area contributed by atoms with E-state index < -0.39 is 0 Å². The number of nitrogens with one attached hydrogen (secondary N) is 1. The van der Waals surface area contributed by atoms with Crippen LogP contribution in [0.1, 0.15) is 58.8 Å². The second-order valence-electron chi connectivity index (χ2n) is 5.95. The van der Waals surface area contributed by atoms with E-state index in [1.165, 1.54) is 51.5 Å². The first-order valence-electron chi connectivity index (χ1n) is 8.29. The van der Waals surface area contributed by atoms with Crippen molar-refractivity contribution in [2.24, 2.45) is 0 Å². The van der Waals surface area contributed by atoms with E-state index in [0.717, 1.165) is 19.7 Å². The quantitative estimate of drug-likeness (QED) is 0.660. The monoisotopic (exact) mass is 270 g/mol. The molecule has 3 heteroatoms. The predicted molar refractivity (Wildman–Crippen MR) is 82.7 cm³/mol. The van der Waals surface area contributed by atoms with Crippen LogP contribution in [-0.2, 0) is 4.74 Å². The number of ether oxygens (including phenoxy) is 1. The van der Waals surface area contributed by atoms with Crippen LogP contribution in [0.3, 0.4) is 0 Å². The van der Waals surface area contributed by atoms with Gasteiger partial charge in [-0.1, -0.05) is 13.8 Å². The van der Waals surface area contributed by atoms with Gasteiger partial charge in [-0.25, -0.2) is 0 Å². The van der Waals surface area contributed by atoms with Gasteiger partial charge in [-0.05, 0) is 65.1 Å². The summed E-state index contributed by atoms with van der Waals surface area (Å²) in [5.74, 6) is 0. The first-order valence-corrected chi connectivity index (χ1v) is 8.29. The highest BCUT2D eigenvalue weighted by atomic mass is 16.5. The van der Waals surface area contributed by atoms with Gasteiger partial charge in [0.2, 0.25) is 0 Å². The zero-order valence-electron chi connectivity index (χ0n) is 13.3. The fraction of sp³-hybridized carbons (Fsp3) is 1.00. The molecule has 0 saturated carbocycles. The summed E-state index contributed by atoms with van der Waals surface area (Å²) < 4.78 is 5.80. The molecule has 19 heavy (non-hydrogen) atoms. The zero-order valence-corrected chi connectivity index (χ0v) is 13.3. The highest BCUT2D eigenvalue weighted by Crippen LogP contribution is 2.13. The van der Waals surface area contributed by atoms with Crippen LogP contribution >= 0.6 is 0 Å². The minimum atomic E-state index is 0.485. The van der Waals surface area contributed by atoms with Crippen molar-refractivity contribution >= 4 is 0 Å². The van der Waals surface area contributed by atoms with Crippen molar-refractivity contribution in [3.63, 3.8) is 0 Å². The molecule has 2 atom stereocenters. The highest BCUT2D eigenvalue weighted by molar-refractivity contribution is 4.69. The second-order valence-corrected chi connectivity index (χ2v) is 5.95. The number of hydrogen-bond acceptors (Lipinski definition) is 3. The van der Waals surface area contributed by atoms with E-state index in [1.807, 2.05) is 0 Å². The van der Waals surface area contributed by atoms with Crippen molar-refractivity contribution in [2.45, 2.75) is 70.9 Å². The standard InChI is InChI=1S/C16H34N2O/c1-4-11-17-15(5-2)9-8-12-18(3)14-16-10-6-7-13-19-16/h15-17H,4-14H2,1-3H3. The molecule has 0 spiro atoms. The Morgan fingerprint density at radius 3 is 2.79 bits per heavy atom. The van der Waals surface area contributed by atoms with Crippen molar-refractivity contribution in [2.75, 3.05) is 33.3 Å². The number of hydrogen-bond donors (Lipinski definition) is 1. The summed E-state index contributed by atoms with van der Waals surface area (Å²) in [5.41, 5.74) is 0. The Bertz CT molecular complexity index is 205. The fourth-order valence-electron chi connectivity index (χ4n) is 2.80. The lowest BCUT2D eigenvalue weighted by Crippen LogP contribution is -2.35. The Balaban J connectivity index is 2.06. The normalized spacial score (nSPS) is 21.8. The van der Waals surface area contributed by atoms with Crippen LogP contribution in [-0.4, -0.2) is 50.3 Å². The molecule has 1 aliphatic rings. The molecule has 1 aliphatic heterocycles. The van der Waals surface area contributed by atoms with Crippen LogP contribution in [0, 0.1) is 0 Å². The molecule has 0 aromatic carbocycles. The molecular formula is C16H34N2O. The second kappa shape index (κ2) is 10.6. The molecule has 1 saturated heterocycles. The van der Waals surface area contributed by atoms with Crippen molar-refractivity contribution in [3.8, 4) is 0 Å². The summed E-state index contributed by atoms with van der Waals surface area (Å²) in [6.45, 7) is 8.95. The maximum Gasteiger partial charge on any atom is 0.0701 e. The predicted octanol–water partition coefficient (Wildman–Crippen LogP) is 3.05. The van der Waals surface area contributed by atoms with E-state index in [0.29, 0.717) is 12.1 Å². The Morgan fingerprint density at radius 2 is 2.16 bits per heavy atom. The molecule has 0 aromatic rings. The first-order chi connectivity index (χ1) is 9.26. The van der Waals surface area contributed by atoms with Gasteiger partial charge in [0.15, 0.2) is 0 Å². The molecule has 0 aliphatic carbocycles. The van der Waals surface area contributed by atoms with E-state index in [2.05, 4.69) is 31.1 Å². The van der Waals surface area contributed by atoms with Gasteiger partial charge < -0.3 is 15.0 Å². The van der Waals surface area contributed by atoms with E-state index in [9.17, 15) is 0 Å². The van der Waals surface area contributed by atoms with E-state index >= 15 is 0 Å². The van der Waals surface area contributed by atoms with Gasteiger partial charge in [-0.2, -0.15) is 0 Å². The lowest BCUT2D eigenvalue weighted by Gasteiger charge is -2.27. The van der Waals surface area contributed by atoms with Crippen molar-refractivity contribution < 1.29 is 4.74 Å². The summed E-state index contributed by atoms with van der Waals surface area (Å²) in [5, 5.41) is 3.63.